The number of Topliss-reactive ketones (excluding diaryl/α,β-unsaturated/α-hetero) is 1. The van der Waals surface area contributed by atoms with E-state index in [4.69, 9.17) is 16.2 Å². The molecule has 2 rings (SSSR count). The van der Waals surface area contributed by atoms with Gasteiger partial charge in [-0.25, -0.2) is 0 Å². The Kier molecular flexibility index (Phi) is 5.09. The maximum atomic E-state index is 11.2. The summed E-state index contributed by atoms with van der Waals surface area (Å²) in [7, 11) is 0. The highest BCUT2D eigenvalue weighted by Gasteiger charge is 2.02. The molecular formula is C17H18N4O2. The van der Waals surface area contributed by atoms with Crippen molar-refractivity contribution in [3.8, 4) is 11.5 Å². The van der Waals surface area contributed by atoms with E-state index in [0.29, 0.717) is 22.8 Å². The molecule has 2 aromatic carbocycles. The monoisotopic (exact) mass is 310 g/mol. The number of ether oxygens (including phenoxy) is 1. The van der Waals surface area contributed by atoms with Crippen molar-refractivity contribution in [1.82, 2.24) is 0 Å². The van der Waals surface area contributed by atoms with Crippen LogP contribution in [0.3, 0.4) is 0 Å². The number of ketones is 1. The van der Waals surface area contributed by atoms with Crippen molar-refractivity contribution in [2.45, 2.75) is 13.8 Å². The summed E-state index contributed by atoms with van der Waals surface area (Å²) in [4.78, 5) is 11.2. The topological polar surface area (TPSA) is 103 Å². The molecule has 0 fully saturated rings. The van der Waals surface area contributed by atoms with Gasteiger partial charge in [0.05, 0.1) is 5.71 Å². The summed E-state index contributed by atoms with van der Waals surface area (Å²) in [5.74, 6) is 1.28. The standard InChI is InChI=1S/C17H18N4O2/c1-11(20-21-17(18)19)13-3-7-15(8-4-13)23-16-9-5-14(6-10-16)12(2)22/h3-10H,1-2H3,(H4,18,19,21)/b20-11-. The summed E-state index contributed by atoms with van der Waals surface area (Å²) >= 11 is 0. The van der Waals surface area contributed by atoms with Crippen LogP contribution in [0, 0.1) is 0 Å². The summed E-state index contributed by atoms with van der Waals surface area (Å²) < 4.78 is 5.73. The van der Waals surface area contributed by atoms with Crippen LogP contribution in [0.25, 0.3) is 0 Å². The fourth-order valence-corrected chi connectivity index (χ4v) is 1.85. The van der Waals surface area contributed by atoms with E-state index in [0.717, 1.165) is 5.56 Å². The number of hydrogen-bond acceptors (Lipinski definition) is 4. The van der Waals surface area contributed by atoms with Crippen LogP contribution < -0.4 is 16.2 Å². The number of nitrogens with two attached hydrogens (primary N) is 2. The van der Waals surface area contributed by atoms with E-state index in [9.17, 15) is 4.79 Å². The van der Waals surface area contributed by atoms with Gasteiger partial charge in [0.2, 0.25) is 5.96 Å². The van der Waals surface area contributed by atoms with Gasteiger partial charge in [-0.3, -0.25) is 4.79 Å². The van der Waals surface area contributed by atoms with Gasteiger partial charge >= 0.3 is 0 Å². The largest absolute Gasteiger partial charge is 0.457 e. The Morgan fingerprint density at radius 2 is 1.30 bits per heavy atom. The summed E-state index contributed by atoms with van der Waals surface area (Å²) in [6, 6.07) is 14.4. The van der Waals surface area contributed by atoms with Crippen LogP contribution in [0.1, 0.15) is 29.8 Å². The molecule has 6 heteroatoms. The molecule has 0 unspecified atom stereocenters. The van der Waals surface area contributed by atoms with Crippen LogP contribution in [-0.4, -0.2) is 17.5 Å². The van der Waals surface area contributed by atoms with Crippen molar-refractivity contribution in [2.24, 2.45) is 21.7 Å². The summed E-state index contributed by atoms with van der Waals surface area (Å²) in [6.45, 7) is 3.34. The predicted molar refractivity (Wildman–Crippen MR) is 91.0 cm³/mol. The molecular weight excluding hydrogens is 292 g/mol. The van der Waals surface area contributed by atoms with Gasteiger partial charge in [-0.2, -0.15) is 5.10 Å². The average molecular weight is 310 g/mol. The lowest BCUT2D eigenvalue weighted by Gasteiger charge is -2.07. The number of nitrogens with zero attached hydrogens (tertiary/aromatic N) is 2. The molecule has 0 radical (unpaired) electrons. The number of guanidine groups is 1. The maximum Gasteiger partial charge on any atom is 0.211 e. The molecule has 23 heavy (non-hydrogen) atoms. The van der Waals surface area contributed by atoms with E-state index < -0.39 is 0 Å². The lowest BCUT2D eigenvalue weighted by Crippen LogP contribution is -2.22. The lowest BCUT2D eigenvalue weighted by atomic mass is 10.1. The first-order valence-corrected chi connectivity index (χ1v) is 6.98. The van der Waals surface area contributed by atoms with Gasteiger partial charge in [0.15, 0.2) is 5.78 Å². The molecule has 0 amide bonds. The Hall–Kier alpha value is -3.15. The van der Waals surface area contributed by atoms with Gasteiger partial charge < -0.3 is 16.2 Å². The summed E-state index contributed by atoms with van der Waals surface area (Å²) in [5, 5.41) is 7.53. The second kappa shape index (κ2) is 7.22. The van der Waals surface area contributed by atoms with Crippen molar-refractivity contribution < 1.29 is 9.53 Å². The highest BCUT2D eigenvalue weighted by atomic mass is 16.5. The number of carbonyl (C=O) groups excluding carboxylic acids is 1. The zero-order valence-electron chi connectivity index (χ0n) is 13.0. The van der Waals surface area contributed by atoms with Crippen molar-refractivity contribution in [2.75, 3.05) is 0 Å². The molecule has 2 aromatic rings. The number of benzene rings is 2. The van der Waals surface area contributed by atoms with E-state index in [1.54, 1.807) is 24.3 Å². The van der Waals surface area contributed by atoms with Crippen molar-refractivity contribution >= 4 is 17.5 Å². The Morgan fingerprint density at radius 1 is 0.826 bits per heavy atom. The zero-order chi connectivity index (χ0) is 16.8. The molecule has 0 atom stereocenters. The first-order valence-electron chi connectivity index (χ1n) is 6.98. The normalized spacial score (nSPS) is 11.0. The summed E-state index contributed by atoms with van der Waals surface area (Å²) in [6.07, 6.45) is 0. The second-order valence-corrected chi connectivity index (χ2v) is 4.92. The Balaban J connectivity index is 2.09. The quantitative estimate of drug-likeness (QED) is 0.383. The van der Waals surface area contributed by atoms with Crippen LogP contribution >= 0.6 is 0 Å². The number of carbonyl (C=O) groups is 1. The average Bonchev–Trinajstić information content (AvgIpc) is 2.54. The first kappa shape index (κ1) is 16.2. The van der Waals surface area contributed by atoms with E-state index in [1.807, 2.05) is 31.2 Å². The minimum atomic E-state index is -0.0849. The third-order valence-corrected chi connectivity index (χ3v) is 3.08. The van der Waals surface area contributed by atoms with Crippen LogP contribution in [0.15, 0.2) is 58.7 Å². The van der Waals surface area contributed by atoms with E-state index in [1.165, 1.54) is 6.92 Å². The molecule has 0 aliphatic heterocycles. The zero-order valence-corrected chi connectivity index (χ0v) is 13.0. The Bertz CT molecular complexity index is 743. The minimum absolute atomic E-state index is 0.0245. The molecule has 118 valence electrons. The maximum absolute atomic E-state index is 11.2. The van der Waals surface area contributed by atoms with Gasteiger partial charge in [0.1, 0.15) is 11.5 Å². The molecule has 0 aliphatic carbocycles. The molecule has 0 bridgehead atoms. The van der Waals surface area contributed by atoms with Crippen molar-refractivity contribution in [3.05, 3.63) is 59.7 Å². The smallest absolute Gasteiger partial charge is 0.211 e. The van der Waals surface area contributed by atoms with E-state index in [2.05, 4.69) is 10.2 Å². The highest BCUT2D eigenvalue weighted by molar-refractivity contribution is 5.99. The van der Waals surface area contributed by atoms with Crippen molar-refractivity contribution in [3.63, 3.8) is 0 Å². The first-order chi connectivity index (χ1) is 11.0. The second-order valence-electron chi connectivity index (χ2n) is 4.92. The van der Waals surface area contributed by atoms with Gasteiger partial charge in [-0.1, -0.05) is 0 Å². The SMILES string of the molecule is CC(=O)c1ccc(Oc2ccc(/C(C)=N\N=C(N)N)cc2)cc1. The third-order valence-electron chi connectivity index (χ3n) is 3.08. The Morgan fingerprint density at radius 3 is 1.74 bits per heavy atom. The van der Waals surface area contributed by atoms with Gasteiger partial charge in [0.25, 0.3) is 0 Å². The predicted octanol–water partition coefficient (Wildman–Crippen LogP) is 2.68. The lowest BCUT2D eigenvalue weighted by molar-refractivity contribution is 0.101. The molecule has 0 saturated heterocycles. The Labute approximate surface area is 134 Å². The molecule has 4 N–H and O–H groups in total. The van der Waals surface area contributed by atoms with Crippen LogP contribution in [0.2, 0.25) is 0 Å². The van der Waals surface area contributed by atoms with Crippen LogP contribution in [0.5, 0.6) is 11.5 Å². The fraction of sp³-hybridized carbons (Fsp3) is 0.118. The molecule has 0 aliphatic rings. The van der Waals surface area contributed by atoms with Gasteiger partial charge in [0, 0.05) is 5.56 Å². The number of hydrogen-bond donors (Lipinski definition) is 2. The fourth-order valence-electron chi connectivity index (χ4n) is 1.85. The molecule has 0 saturated carbocycles. The number of rotatable bonds is 5. The molecule has 0 aromatic heterocycles. The van der Waals surface area contributed by atoms with Gasteiger partial charge in [-0.05, 0) is 67.9 Å². The molecule has 6 nitrogen and oxygen atoms in total. The molecule has 0 spiro atoms. The van der Waals surface area contributed by atoms with E-state index in [-0.39, 0.29) is 11.7 Å². The van der Waals surface area contributed by atoms with Crippen LogP contribution in [-0.2, 0) is 0 Å². The van der Waals surface area contributed by atoms with Gasteiger partial charge in [-0.15, -0.1) is 5.10 Å². The summed E-state index contributed by atoms with van der Waals surface area (Å²) in [5.41, 5.74) is 12.7. The molecule has 0 heterocycles. The third kappa shape index (κ3) is 4.67. The minimum Gasteiger partial charge on any atom is -0.457 e. The highest BCUT2D eigenvalue weighted by Crippen LogP contribution is 2.22. The van der Waals surface area contributed by atoms with Crippen molar-refractivity contribution in [1.29, 1.82) is 0 Å². The van der Waals surface area contributed by atoms with E-state index >= 15 is 0 Å². The van der Waals surface area contributed by atoms with Crippen LogP contribution in [0.4, 0.5) is 0 Å².